The fourth-order valence-electron chi connectivity index (χ4n) is 4.35. The van der Waals surface area contributed by atoms with Crippen molar-refractivity contribution in [3.05, 3.63) is 95.6 Å². The highest BCUT2D eigenvalue weighted by Gasteiger charge is 2.30. The van der Waals surface area contributed by atoms with Crippen molar-refractivity contribution < 1.29 is 23.9 Å². The Morgan fingerprint density at radius 1 is 0.861 bits per heavy atom. The average Bonchev–Trinajstić information content (AvgIpc) is 3.23. The summed E-state index contributed by atoms with van der Waals surface area (Å²) in [5.41, 5.74) is 10.9. The molecule has 0 heterocycles. The van der Waals surface area contributed by atoms with Crippen LogP contribution < -0.4 is 16.2 Å². The van der Waals surface area contributed by atoms with Gasteiger partial charge in [0.25, 0.3) is 0 Å². The third-order valence-electron chi connectivity index (χ3n) is 6.14. The quantitative estimate of drug-likeness (QED) is 0.298. The van der Waals surface area contributed by atoms with Gasteiger partial charge >= 0.3 is 12.1 Å². The minimum Gasteiger partial charge on any atom is -0.467 e. The maximum Gasteiger partial charge on any atom is 0.407 e. The molecule has 0 spiro atoms. The largest absolute Gasteiger partial charge is 0.467 e. The molecule has 0 aromatic heterocycles. The fourth-order valence-corrected chi connectivity index (χ4v) is 4.35. The van der Waals surface area contributed by atoms with E-state index in [0.29, 0.717) is 6.54 Å². The minimum atomic E-state index is -1.01. The van der Waals surface area contributed by atoms with Crippen LogP contribution in [-0.4, -0.2) is 37.7 Å². The Bertz CT molecular complexity index is 1170. The van der Waals surface area contributed by atoms with Crippen LogP contribution in [0, 0.1) is 0 Å². The van der Waals surface area contributed by atoms with E-state index >= 15 is 0 Å². The number of hydrazine groups is 1. The second-order valence-corrected chi connectivity index (χ2v) is 8.47. The van der Waals surface area contributed by atoms with Gasteiger partial charge in [0.15, 0.2) is 0 Å². The molecule has 4 rings (SSSR count). The van der Waals surface area contributed by atoms with E-state index in [1.807, 2.05) is 66.7 Å². The summed E-state index contributed by atoms with van der Waals surface area (Å²) >= 11 is 0. The first-order chi connectivity index (χ1) is 17.6. The molecule has 0 saturated heterocycles. The van der Waals surface area contributed by atoms with Gasteiger partial charge in [-0.2, -0.15) is 0 Å². The van der Waals surface area contributed by atoms with Gasteiger partial charge in [-0.25, -0.2) is 15.0 Å². The molecule has 3 N–H and O–H groups in total. The summed E-state index contributed by atoms with van der Waals surface area (Å²) in [4.78, 5) is 37.0. The van der Waals surface area contributed by atoms with Gasteiger partial charge in [-0.1, -0.05) is 78.9 Å². The smallest absolute Gasteiger partial charge is 0.407 e. The van der Waals surface area contributed by atoms with Crippen LogP contribution in [0.3, 0.4) is 0 Å². The van der Waals surface area contributed by atoms with Gasteiger partial charge in [0, 0.05) is 18.9 Å². The molecule has 3 aromatic rings. The molecule has 1 unspecified atom stereocenters. The summed E-state index contributed by atoms with van der Waals surface area (Å²) in [5, 5.41) is 2.54. The molecule has 3 aromatic carbocycles. The van der Waals surface area contributed by atoms with Crippen molar-refractivity contribution in [2.75, 3.05) is 13.7 Å². The van der Waals surface area contributed by atoms with Crippen molar-refractivity contribution in [1.29, 1.82) is 0 Å². The first kappa shape index (κ1) is 24.9. The van der Waals surface area contributed by atoms with Gasteiger partial charge in [-0.15, -0.1) is 0 Å². The number of rotatable bonds is 10. The highest BCUT2D eigenvalue weighted by molar-refractivity contribution is 5.83. The number of hydrogen-bond donors (Lipinski definition) is 3. The Morgan fingerprint density at radius 2 is 1.47 bits per heavy atom. The Hall–Kier alpha value is -4.17. The van der Waals surface area contributed by atoms with Crippen molar-refractivity contribution in [2.45, 2.75) is 31.3 Å². The Morgan fingerprint density at radius 3 is 2.11 bits per heavy atom. The van der Waals surface area contributed by atoms with E-state index < -0.39 is 18.1 Å². The topological polar surface area (TPSA) is 106 Å². The van der Waals surface area contributed by atoms with Crippen LogP contribution >= 0.6 is 0 Å². The van der Waals surface area contributed by atoms with Crippen molar-refractivity contribution >= 4 is 18.0 Å². The SMILES string of the molecule is COC(=O)C(CCC(=O)NNCc1ccccc1)NC(=O)OCC1c2ccccc2-c2ccccc21. The second kappa shape index (κ2) is 12.0. The maximum atomic E-state index is 12.6. The van der Waals surface area contributed by atoms with Crippen LogP contribution in [0.15, 0.2) is 78.9 Å². The number of esters is 1. The first-order valence-electron chi connectivity index (χ1n) is 11.8. The molecule has 1 aliphatic rings. The zero-order valence-electron chi connectivity index (χ0n) is 20.0. The maximum absolute atomic E-state index is 12.6. The summed E-state index contributed by atoms with van der Waals surface area (Å²) < 4.78 is 10.3. The van der Waals surface area contributed by atoms with Gasteiger partial charge in [-0.3, -0.25) is 10.2 Å². The average molecular weight is 488 g/mol. The Balaban J connectivity index is 1.28. The number of ether oxygens (including phenoxy) is 2. The summed E-state index contributed by atoms with van der Waals surface area (Å²) in [5.74, 6) is -1.05. The van der Waals surface area contributed by atoms with Gasteiger partial charge in [0.2, 0.25) is 5.91 Å². The lowest BCUT2D eigenvalue weighted by atomic mass is 9.98. The number of carbonyl (C=O) groups is 3. The summed E-state index contributed by atoms with van der Waals surface area (Å²) in [6.07, 6.45) is -0.670. The molecule has 0 bridgehead atoms. The normalized spacial score (nSPS) is 12.7. The van der Waals surface area contributed by atoms with E-state index in [2.05, 4.69) is 28.3 Å². The molecule has 8 nitrogen and oxygen atoms in total. The molecule has 0 fully saturated rings. The van der Waals surface area contributed by atoms with Gasteiger partial charge < -0.3 is 14.8 Å². The van der Waals surface area contributed by atoms with E-state index in [1.54, 1.807) is 0 Å². The standard InChI is InChI=1S/C28H29N3O5/c1-35-27(33)25(15-16-26(32)31-29-17-19-9-3-2-4-10-19)30-28(34)36-18-24-22-13-7-5-11-20(22)21-12-6-8-14-23(21)24/h2-14,24-25,29H,15-18H2,1H3,(H,30,34)(H,31,32). The number of benzene rings is 3. The number of hydrogen-bond acceptors (Lipinski definition) is 6. The van der Waals surface area contributed by atoms with E-state index in [9.17, 15) is 14.4 Å². The molecule has 0 radical (unpaired) electrons. The van der Waals surface area contributed by atoms with Gasteiger partial charge in [0.05, 0.1) is 7.11 Å². The van der Waals surface area contributed by atoms with Crippen LogP contribution in [0.5, 0.6) is 0 Å². The summed E-state index contributed by atoms with van der Waals surface area (Å²) in [6.45, 7) is 0.586. The number of nitrogens with one attached hydrogen (secondary N) is 3. The van der Waals surface area contributed by atoms with Crippen molar-refractivity contribution in [3.8, 4) is 11.1 Å². The van der Waals surface area contributed by atoms with Gasteiger partial charge in [-0.05, 0) is 34.2 Å². The van der Waals surface area contributed by atoms with E-state index in [-0.39, 0.29) is 31.3 Å². The molecule has 1 aliphatic carbocycles. The molecular weight excluding hydrogens is 458 g/mol. The summed E-state index contributed by atoms with van der Waals surface area (Å²) in [6, 6.07) is 24.7. The Kier molecular flexibility index (Phi) is 8.31. The second-order valence-electron chi connectivity index (χ2n) is 8.47. The number of carbonyl (C=O) groups excluding carboxylic acids is 3. The molecule has 36 heavy (non-hydrogen) atoms. The molecule has 1 atom stereocenters. The van der Waals surface area contributed by atoms with Crippen molar-refractivity contribution in [3.63, 3.8) is 0 Å². The number of alkyl carbamates (subject to hydrolysis) is 1. The van der Waals surface area contributed by atoms with Crippen LogP contribution in [0.4, 0.5) is 4.79 Å². The monoisotopic (exact) mass is 487 g/mol. The molecule has 2 amide bonds. The zero-order valence-corrected chi connectivity index (χ0v) is 20.0. The zero-order chi connectivity index (χ0) is 25.3. The lowest BCUT2D eigenvalue weighted by molar-refractivity contribution is -0.143. The molecular formula is C28H29N3O5. The number of amides is 2. The highest BCUT2D eigenvalue weighted by atomic mass is 16.6. The minimum absolute atomic E-state index is 0.00517. The van der Waals surface area contributed by atoms with Crippen LogP contribution in [0.1, 0.15) is 35.4 Å². The fraction of sp³-hybridized carbons (Fsp3) is 0.250. The predicted octanol–water partition coefficient (Wildman–Crippen LogP) is 3.67. The van der Waals surface area contributed by atoms with Crippen LogP contribution in [0.25, 0.3) is 11.1 Å². The first-order valence-corrected chi connectivity index (χ1v) is 11.8. The van der Waals surface area contributed by atoms with Gasteiger partial charge in [0.1, 0.15) is 12.6 Å². The molecule has 0 aliphatic heterocycles. The predicted molar refractivity (Wildman–Crippen MR) is 135 cm³/mol. The third-order valence-corrected chi connectivity index (χ3v) is 6.14. The van der Waals surface area contributed by atoms with E-state index in [1.165, 1.54) is 7.11 Å². The number of methoxy groups -OCH3 is 1. The van der Waals surface area contributed by atoms with Crippen molar-refractivity contribution in [2.24, 2.45) is 0 Å². The van der Waals surface area contributed by atoms with E-state index in [0.717, 1.165) is 27.8 Å². The van der Waals surface area contributed by atoms with Crippen molar-refractivity contribution in [1.82, 2.24) is 16.2 Å². The molecule has 0 saturated carbocycles. The van der Waals surface area contributed by atoms with Crippen LogP contribution in [0.2, 0.25) is 0 Å². The number of fused-ring (bicyclic) bond motifs is 3. The lowest BCUT2D eigenvalue weighted by Crippen LogP contribution is -2.43. The lowest BCUT2D eigenvalue weighted by Gasteiger charge is -2.18. The third kappa shape index (κ3) is 6.09. The highest BCUT2D eigenvalue weighted by Crippen LogP contribution is 2.44. The Labute approximate surface area is 210 Å². The van der Waals surface area contributed by atoms with Crippen LogP contribution in [-0.2, 0) is 25.6 Å². The van der Waals surface area contributed by atoms with E-state index in [4.69, 9.17) is 9.47 Å². The summed E-state index contributed by atoms with van der Waals surface area (Å²) in [7, 11) is 1.23. The molecule has 186 valence electrons. The molecule has 8 heteroatoms.